The van der Waals surface area contributed by atoms with Gasteiger partial charge in [-0.2, -0.15) is 0 Å². The van der Waals surface area contributed by atoms with Crippen LogP contribution in [-0.2, 0) is 0 Å². The fraction of sp³-hybridized carbons (Fsp3) is 0.176. The van der Waals surface area contributed by atoms with Crippen molar-refractivity contribution in [2.75, 3.05) is 0 Å². The van der Waals surface area contributed by atoms with Crippen molar-refractivity contribution in [1.82, 2.24) is 0 Å². The van der Waals surface area contributed by atoms with Crippen LogP contribution in [-0.4, -0.2) is 0 Å². The first kappa shape index (κ1) is 13.4. The van der Waals surface area contributed by atoms with E-state index in [4.69, 9.17) is 10.2 Å². The highest BCUT2D eigenvalue weighted by atomic mass is 79.9. The Labute approximate surface area is 126 Å². The normalized spacial score (nSPS) is 12.8. The third-order valence-corrected chi connectivity index (χ3v) is 3.90. The van der Waals surface area contributed by atoms with E-state index >= 15 is 0 Å². The molecular formula is C17H16BrNO. The van der Waals surface area contributed by atoms with E-state index in [0.29, 0.717) is 0 Å². The summed E-state index contributed by atoms with van der Waals surface area (Å²) in [6, 6.07) is 14.1. The van der Waals surface area contributed by atoms with Gasteiger partial charge in [0.2, 0.25) is 0 Å². The van der Waals surface area contributed by atoms with Gasteiger partial charge in [-0.3, -0.25) is 0 Å². The summed E-state index contributed by atoms with van der Waals surface area (Å²) in [5.41, 5.74) is 10.7. The lowest BCUT2D eigenvalue weighted by Crippen LogP contribution is -2.11. The average Bonchev–Trinajstić information content (AvgIpc) is 2.79. The van der Waals surface area contributed by atoms with E-state index in [2.05, 4.69) is 48.0 Å². The van der Waals surface area contributed by atoms with Crippen LogP contribution in [0.25, 0.3) is 11.0 Å². The molecule has 3 rings (SSSR count). The number of nitrogens with two attached hydrogens (primary N) is 1. The van der Waals surface area contributed by atoms with Crippen LogP contribution in [0, 0.1) is 13.8 Å². The molecule has 1 heterocycles. The second-order valence-electron chi connectivity index (χ2n) is 5.23. The lowest BCUT2D eigenvalue weighted by molar-refractivity contribution is 0.525. The minimum absolute atomic E-state index is 0.236. The third kappa shape index (κ3) is 2.51. The zero-order valence-corrected chi connectivity index (χ0v) is 13.1. The molecule has 3 heteroatoms. The van der Waals surface area contributed by atoms with Gasteiger partial charge < -0.3 is 10.2 Å². The van der Waals surface area contributed by atoms with Gasteiger partial charge in [0.25, 0.3) is 0 Å². The second kappa shape index (κ2) is 5.08. The molecule has 0 radical (unpaired) electrons. The number of fused-ring (bicyclic) bond motifs is 1. The molecule has 1 aromatic heterocycles. The molecule has 0 saturated carbocycles. The zero-order chi connectivity index (χ0) is 14.3. The topological polar surface area (TPSA) is 39.2 Å². The van der Waals surface area contributed by atoms with Gasteiger partial charge in [0, 0.05) is 9.86 Å². The van der Waals surface area contributed by atoms with Gasteiger partial charge in [-0.05, 0) is 43.7 Å². The monoisotopic (exact) mass is 329 g/mol. The summed E-state index contributed by atoms with van der Waals surface area (Å²) in [5, 5.41) is 1.06. The van der Waals surface area contributed by atoms with E-state index in [1.165, 1.54) is 11.1 Å². The minimum Gasteiger partial charge on any atom is -0.459 e. The first-order chi connectivity index (χ1) is 9.52. The minimum atomic E-state index is -0.236. The van der Waals surface area contributed by atoms with Crippen molar-refractivity contribution < 1.29 is 4.42 Å². The standard InChI is InChI=1S/C17H16BrNO/c1-10-5-11(2)7-13(6-10)17(19)16-9-12-8-14(18)3-4-15(12)20-16/h3-9,17H,19H2,1-2H3. The maximum atomic E-state index is 6.35. The molecule has 0 aliphatic heterocycles. The highest BCUT2D eigenvalue weighted by Crippen LogP contribution is 2.29. The Morgan fingerprint density at radius 2 is 1.70 bits per heavy atom. The number of furan rings is 1. The maximum absolute atomic E-state index is 6.35. The van der Waals surface area contributed by atoms with Crippen LogP contribution in [0.2, 0.25) is 0 Å². The number of hydrogen-bond acceptors (Lipinski definition) is 2. The van der Waals surface area contributed by atoms with E-state index < -0.39 is 0 Å². The summed E-state index contributed by atoms with van der Waals surface area (Å²) in [6.45, 7) is 4.16. The Morgan fingerprint density at radius 3 is 2.40 bits per heavy atom. The molecule has 2 N–H and O–H groups in total. The Bertz CT molecular complexity index is 756. The first-order valence-corrected chi connectivity index (χ1v) is 7.35. The van der Waals surface area contributed by atoms with Crippen LogP contribution < -0.4 is 5.73 Å². The summed E-state index contributed by atoms with van der Waals surface area (Å²) in [4.78, 5) is 0. The second-order valence-corrected chi connectivity index (χ2v) is 6.15. The van der Waals surface area contributed by atoms with Gasteiger partial charge in [0.1, 0.15) is 11.3 Å². The van der Waals surface area contributed by atoms with Crippen LogP contribution in [0.4, 0.5) is 0 Å². The van der Waals surface area contributed by atoms with Crippen LogP contribution in [0.3, 0.4) is 0 Å². The predicted octanol–water partition coefficient (Wildman–Crippen LogP) is 4.86. The van der Waals surface area contributed by atoms with Crippen molar-refractivity contribution in [1.29, 1.82) is 0 Å². The van der Waals surface area contributed by atoms with Gasteiger partial charge in [0.15, 0.2) is 0 Å². The number of rotatable bonds is 2. The quantitative estimate of drug-likeness (QED) is 0.729. The predicted molar refractivity (Wildman–Crippen MR) is 85.9 cm³/mol. The summed E-state index contributed by atoms with van der Waals surface area (Å²) in [6.07, 6.45) is 0. The van der Waals surface area contributed by atoms with E-state index in [1.54, 1.807) is 0 Å². The van der Waals surface area contributed by atoms with E-state index in [1.807, 2.05) is 24.3 Å². The number of aryl methyl sites for hydroxylation is 2. The molecule has 0 spiro atoms. The molecule has 0 aliphatic carbocycles. The van der Waals surface area contributed by atoms with Crippen molar-refractivity contribution in [2.45, 2.75) is 19.9 Å². The fourth-order valence-corrected chi connectivity index (χ4v) is 2.92. The molecule has 0 bridgehead atoms. The molecule has 20 heavy (non-hydrogen) atoms. The van der Waals surface area contributed by atoms with Gasteiger partial charge in [-0.1, -0.05) is 45.3 Å². The summed E-state index contributed by atoms with van der Waals surface area (Å²) in [5.74, 6) is 0.795. The van der Waals surface area contributed by atoms with Gasteiger partial charge in [0.05, 0.1) is 6.04 Å². The Hall–Kier alpha value is -1.58. The lowest BCUT2D eigenvalue weighted by Gasteiger charge is -2.11. The average molecular weight is 330 g/mol. The fourth-order valence-electron chi connectivity index (χ4n) is 2.54. The van der Waals surface area contributed by atoms with Gasteiger partial charge >= 0.3 is 0 Å². The zero-order valence-electron chi connectivity index (χ0n) is 11.5. The van der Waals surface area contributed by atoms with Crippen molar-refractivity contribution >= 4 is 26.9 Å². The van der Waals surface area contributed by atoms with Gasteiger partial charge in [-0.25, -0.2) is 0 Å². The molecular weight excluding hydrogens is 314 g/mol. The molecule has 0 fully saturated rings. The number of halogens is 1. The maximum Gasteiger partial charge on any atom is 0.134 e. The molecule has 0 aliphatic rings. The SMILES string of the molecule is Cc1cc(C)cc(C(N)c2cc3cc(Br)ccc3o2)c1. The van der Waals surface area contributed by atoms with Crippen LogP contribution in [0.1, 0.15) is 28.5 Å². The molecule has 1 atom stereocenters. The van der Waals surface area contributed by atoms with Crippen LogP contribution in [0.5, 0.6) is 0 Å². The Balaban J connectivity index is 2.05. The van der Waals surface area contributed by atoms with Crippen molar-refractivity contribution in [3.05, 3.63) is 69.4 Å². The first-order valence-electron chi connectivity index (χ1n) is 6.56. The largest absolute Gasteiger partial charge is 0.459 e. The molecule has 102 valence electrons. The van der Waals surface area contributed by atoms with Crippen LogP contribution >= 0.6 is 15.9 Å². The summed E-state index contributed by atoms with van der Waals surface area (Å²) >= 11 is 3.47. The number of hydrogen-bond donors (Lipinski definition) is 1. The van der Waals surface area contributed by atoms with E-state index in [-0.39, 0.29) is 6.04 Å². The highest BCUT2D eigenvalue weighted by molar-refractivity contribution is 9.10. The number of benzene rings is 2. The van der Waals surface area contributed by atoms with Crippen LogP contribution in [0.15, 0.2) is 51.4 Å². The smallest absolute Gasteiger partial charge is 0.134 e. The summed E-state index contributed by atoms with van der Waals surface area (Å²) < 4.78 is 6.91. The van der Waals surface area contributed by atoms with Crippen molar-refractivity contribution in [3.63, 3.8) is 0 Å². The van der Waals surface area contributed by atoms with Gasteiger partial charge in [-0.15, -0.1) is 0 Å². The third-order valence-electron chi connectivity index (χ3n) is 3.41. The molecule has 0 saturated heterocycles. The molecule has 2 nitrogen and oxygen atoms in total. The van der Waals surface area contributed by atoms with Crippen molar-refractivity contribution in [2.24, 2.45) is 5.73 Å². The molecule has 1 unspecified atom stereocenters. The van der Waals surface area contributed by atoms with E-state index in [9.17, 15) is 0 Å². The summed E-state index contributed by atoms with van der Waals surface area (Å²) in [7, 11) is 0. The van der Waals surface area contributed by atoms with E-state index in [0.717, 1.165) is 26.8 Å². The van der Waals surface area contributed by atoms with Crippen molar-refractivity contribution in [3.8, 4) is 0 Å². The lowest BCUT2D eigenvalue weighted by atomic mass is 10.0. The highest BCUT2D eigenvalue weighted by Gasteiger charge is 2.15. The molecule has 3 aromatic rings. The Kier molecular flexibility index (Phi) is 3.40. The Morgan fingerprint density at radius 1 is 1.00 bits per heavy atom. The molecule has 0 amide bonds. The molecule has 2 aromatic carbocycles.